The summed E-state index contributed by atoms with van der Waals surface area (Å²) in [5, 5.41) is 15.9. The van der Waals surface area contributed by atoms with E-state index in [1.807, 2.05) is 58.0 Å². The SMILES string of the molecule is COC[C@@H](O)[C@H](CC(C)C)NC(=O)[C@H](CC(C)C)NC(=O)OCc1ccccc1. The third-order valence-corrected chi connectivity index (χ3v) is 4.38. The third-order valence-electron chi connectivity index (χ3n) is 4.38. The molecule has 0 fully saturated rings. The van der Waals surface area contributed by atoms with E-state index in [1.54, 1.807) is 0 Å². The van der Waals surface area contributed by atoms with Crippen molar-refractivity contribution in [2.75, 3.05) is 13.7 Å². The van der Waals surface area contributed by atoms with Gasteiger partial charge in [-0.25, -0.2) is 4.79 Å². The normalized spacial score (nSPS) is 14.3. The molecule has 0 saturated heterocycles. The molecule has 7 heteroatoms. The molecule has 29 heavy (non-hydrogen) atoms. The summed E-state index contributed by atoms with van der Waals surface area (Å²) in [5.74, 6) is 0.128. The van der Waals surface area contributed by atoms with Gasteiger partial charge in [0, 0.05) is 7.11 Å². The van der Waals surface area contributed by atoms with Gasteiger partial charge in [-0.15, -0.1) is 0 Å². The van der Waals surface area contributed by atoms with Crippen molar-refractivity contribution in [3.63, 3.8) is 0 Å². The van der Waals surface area contributed by atoms with Gasteiger partial charge in [-0.05, 0) is 30.2 Å². The zero-order valence-electron chi connectivity index (χ0n) is 18.2. The molecule has 3 atom stereocenters. The molecule has 0 aliphatic carbocycles. The van der Waals surface area contributed by atoms with Crippen LogP contribution < -0.4 is 10.6 Å². The van der Waals surface area contributed by atoms with E-state index in [-0.39, 0.29) is 31.0 Å². The summed E-state index contributed by atoms with van der Waals surface area (Å²) in [6, 6.07) is 8.14. The number of carbonyl (C=O) groups excluding carboxylic acids is 2. The molecule has 7 nitrogen and oxygen atoms in total. The molecule has 3 N–H and O–H groups in total. The number of alkyl carbamates (subject to hydrolysis) is 1. The van der Waals surface area contributed by atoms with Gasteiger partial charge in [0.25, 0.3) is 0 Å². The molecular formula is C22H36N2O5. The average molecular weight is 409 g/mol. The number of ether oxygens (including phenoxy) is 2. The minimum atomic E-state index is -0.823. The summed E-state index contributed by atoms with van der Waals surface area (Å²) >= 11 is 0. The minimum Gasteiger partial charge on any atom is -0.445 e. The summed E-state index contributed by atoms with van der Waals surface area (Å²) in [7, 11) is 1.50. The number of hydrogen-bond acceptors (Lipinski definition) is 5. The monoisotopic (exact) mass is 408 g/mol. The van der Waals surface area contributed by atoms with E-state index in [0.29, 0.717) is 12.8 Å². The second kappa shape index (κ2) is 13.2. The zero-order valence-corrected chi connectivity index (χ0v) is 18.2. The number of benzene rings is 1. The van der Waals surface area contributed by atoms with Gasteiger partial charge >= 0.3 is 6.09 Å². The van der Waals surface area contributed by atoms with E-state index in [1.165, 1.54) is 7.11 Å². The number of rotatable bonds is 12. The van der Waals surface area contributed by atoms with Crippen molar-refractivity contribution in [1.29, 1.82) is 0 Å². The first-order valence-electron chi connectivity index (χ1n) is 10.2. The average Bonchev–Trinajstić information content (AvgIpc) is 2.65. The maximum atomic E-state index is 12.9. The summed E-state index contributed by atoms with van der Waals surface area (Å²) in [4.78, 5) is 25.1. The number of aliphatic hydroxyl groups excluding tert-OH is 1. The van der Waals surface area contributed by atoms with Gasteiger partial charge in [0.1, 0.15) is 12.6 Å². The van der Waals surface area contributed by atoms with Crippen LogP contribution in [0.2, 0.25) is 0 Å². The van der Waals surface area contributed by atoms with E-state index in [2.05, 4.69) is 10.6 Å². The zero-order chi connectivity index (χ0) is 21.8. The molecule has 0 aliphatic heterocycles. The lowest BCUT2D eigenvalue weighted by Gasteiger charge is -2.28. The first-order chi connectivity index (χ1) is 13.7. The molecule has 0 aliphatic rings. The first kappa shape index (κ1) is 24.9. The number of amides is 2. The van der Waals surface area contributed by atoms with E-state index in [4.69, 9.17) is 9.47 Å². The molecule has 0 saturated carbocycles. The Morgan fingerprint density at radius 2 is 1.62 bits per heavy atom. The van der Waals surface area contributed by atoms with Crippen molar-refractivity contribution in [3.05, 3.63) is 35.9 Å². The maximum absolute atomic E-state index is 12.9. The molecule has 2 amide bonds. The topological polar surface area (TPSA) is 96.9 Å². The Kier molecular flexibility index (Phi) is 11.3. The number of hydrogen-bond donors (Lipinski definition) is 3. The van der Waals surface area contributed by atoms with Crippen LogP contribution in [0.25, 0.3) is 0 Å². The molecule has 1 rings (SSSR count). The van der Waals surface area contributed by atoms with E-state index >= 15 is 0 Å². The van der Waals surface area contributed by atoms with E-state index in [9.17, 15) is 14.7 Å². The van der Waals surface area contributed by atoms with Crippen molar-refractivity contribution >= 4 is 12.0 Å². The standard InChI is InChI=1S/C22H36N2O5/c1-15(2)11-18(20(25)14-28-5)23-21(26)19(12-16(3)4)24-22(27)29-13-17-9-7-6-8-10-17/h6-10,15-16,18-20,25H,11-14H2,1-5H3,(H,23,26)(H,24,27)/t18-,19-,20+/m0/s1. The quantitative estimate of drug-likeness (QED) is 0.494. The Morgan fingerprint density at radius 1 is 1.00 bits per heavy atom. The molecule has 0 heterocycles. The molecule has 0 unspecified atom stereocenters. The van der Waals surface area contributed by atoms with Crippen LogP contribution in [0.15, 0.2) is 30.3 Å². The second-order valence-electron chi connectivity index (χ2n) is 8.16. The fraction of sp³-hybridized carbons (Fsp3) is 0.636. The highest BCUT2D eigenvalue weighted by Crippen LogP contribution is 2.12. The van der Waals surface area contributed by atoms with Gasteiger partial charge in [-0.3, -0.25) is 4.79 Å². The fourth-order valence-corrected chi connectivity index (χ4v) is 3.00. The third kappa shape index (κ3) is 10.3. The lowest BCUT2D eigenvalue weighted by molar-refractivity contribution is -0.125. The van der Waals surface area contributed by atoms with Gasteiger partial charge in [0.05, 0.1) is 18.8 Å². The maximum Gasteiger partial charge on any atom is 0.408 e. The molecule has 0 spiro atoms. The number of aliphatic hydroxyl groups is 1. The smallest absolute Gasteiger partial charge is 0.408 e. The van der Waals surface area contributed by atoms with Crippen LogP contribution in [-0.4, -0.2) is 49.0 Å². The highest BCUT2D eigenvalue weighted by Gasteiger charge is 2.28. The summed E-state index contributed by atoms with van der Waals surface area (Å²) in [6.45, 7) is 8.24. The molecule has 0 radical (unpaired) electrons. The minimum absolute atomic E-state index is 0.124. The first-order valence-corrected chi connectivity index (χ1v) is 10.2. The molecule has 0 bridgehead atoms. The highest BCUT2D eigenvalue weighted by molar-refractivity contribution is 5.85. The summed E-state index contributed by atoms with van der Waals surface area (Å²) < 4.78 is 10.3. The highest BCUT2D eigenvalue weighted by atomic mass is 16.5. The van der Waals surface area contributed by atoms with Crippen molar-refractivity contribution in [1.82, 2.24) is 10.6 Å². The van der Waals surface area contributed by atoms with Gasteiger partial charge in [-0.2, -0.15) is 0 Å². The van der Waals surface area contributed by atoms with E-state index in [0.717, 1.165) is 5.56 Å². The van der Waals surface area contributed by atoms with Crippen LogP contribution in [0.3, 0.4) is 0 Å². The molecule has 164 valence electrons. The van der Waals surface area contributed by atoms with Crippen molar-refractivity contribution in [2.24, 2.45) is 11.8 Å². The van der Waals surface area contributed by atoms with Crippen LogP contribution >= 0.6 is 0 Å². The predicted molar refractivity (Wildman–Crippen MR) is 112 cm³/mol. The van der Waals surface area contributed by atoms with Gasteiger partial charge in [0.2, 0.25) is 5.91 Å². The number of methoxy groups -OCH3 is 1. The molecular weight excluding hydrogens is 372 g/mol. The van der Waals surface area contributed by atoms with Crippen LogP contribution in [-0.2, 0) is 20.9 Å². The largest absolute Gasteiger partial charge is 0.445 e. The van der Waals surface area contributed by atoms with Crippen molar-refractivity contribution in [2.45, 2.75) is 65.3 Å². The Bertz CT molecular complexity index is 606. The van der Waals surface area contributed by atoms with Crippen LogP contribution in [0, 0.1) is 11.8 Å². The molecule has 1 aromatic rings. The van der Waals surface area contributed by atoms with Gasteiger partial charge in [0.15, 0.2) is 0 Å². The Balaban J connectivity index is 2.72. The lowest BCUT2D eigenvalue weighted by Crippen LogP contribution is -2.54. The number of nitrogens with one attached hydrogen (secondary N) is 2. The van der Waals surface area contributed by atoms with Crippen LogP contribution in [0.5, 0.6) is 0 Å². The lowest BCUT2D eigenvalue weighted by atomic mass is 9.97. The molecule has 0 aromatic heterocycles. The Labute approximate surface area is 174 Å². The predicted octanol–water partition coefficient (Wildman–Crippen LogP) is 2.87. The van der Waals surface area contributed by atoms with Gasteiger partial charge in [-0.1, -0.05) is 58.0 Å². The number of carbonyl (C=O) groups is 2. The Morgan fingerprint density at radius 3 is 2.17 bits per heavy atom. The molecule has 1 aromatic carbocycles. The fourth-order valence-electron chi connectivity index (χ4n) is 3.00. The van der Waals surface area contributed by atoms with Gasteiger partial charge < -0.3 is 25.2 Å². The van der Waals surface area contributed by atoms with E-state index < -0.39 is 24.3 Å². The van der Waals surface area contributed by atoms with Crippen molar-refractivity contribution < 1.29 is 24.2 Å². The Hall–Kier alpha value is -2.12. The summed E-state index contributed by atoms with van der Waals surface area (Å²) in [6.07, 6.45) is -0.409. The second-order valence-corrected chi connectivity index (χ2v) is 8.16. The van der Waals surface area contributed by atoms with Crippen LogP contribution in [0.1, 0.15) is 46.1 Å². The van der Waals surface area contributed by atoms with Crippen LogP contribution in [0.4, 0.5) is 4.79 Å². The summed E-state index contributed by atoms with van der Waals surface area (Å²) in [5.41, 5.74) is 0.868. The van der Waals surface area contributed by atoms with Crippen molar-refractivity contribution in [3.8, 4) is 0 Å².